The summed E-state index contributed by atoms with van der Waals surface area (Å²) in [5, 5.41) is -0.830. The normalized spacial score (nSPS) is 14.0. The van der Waals surface area contributed by atoms with Gasteiger partial charge in [0.05, 0.1) is 31.2 Å². The quantitative estimate of drug-likeness (QED) is 0.181. The number of carbonyl (C=O) groups excluding carboxylic acids is 4. The van der Waals surface area contributed by atoms with Crippen LogP contribution in [-0.4, -0.2) is 41.1 Å². The first kappa shape index (κ1) is 23.5. The summed E-state index contributed by atoms with van der Waals surface area (Å²) < 4.78 is 5.08. The first-order valence-electron chi connectivity index (χ1n) is 8.98. The van der Waals surface area contributed by atoms with Crippen molar-refractivity contribution < 1.29 is 23.9 Å². The molecule has 6 nitrogen and oxygen atoms in total. The molecule has 0 spiro atoms. The fourth-order valence-electron chi connectivity index (χ4n) is 3.19. The number of carbonyl (C=O) groups is 4. The van der Waals surface area contributed by atoms with E-state index in [2.05, 4.69) is 0 Å². The first-order chi connectivity index (χ1) is 14.5. The number of imide groups is 1. The molecule has 0 aromatic heterocycles. The summed E-state index contributed by atoms with van der Waals surface area (Å²) in [5.41, 5.74) is 1.56. The SMILES string of the molecule is Cc1ccc(C)c(C(=O)COC(=O)[C@@H](C)N2C(=O)c3c(Cl)c(Cl)c(Cl)c(Cl)c3C2=O)c1. The molecular formula is C21H15Cl4NO5. The maximum atomic E-state index is 12.8. The number of Topliss-reactive ketones (excluding diaryl/α,β-unsaturated/α-hetero) is 1. The third-order valence-electron chi connectivity index (χ3n) is 4.90. The lowest BCUT2D eigenvalue weighted by Crippen LogP contribution is -2.44. The molecule has 0 saturated heterocycles. The first-order valence-corrected chi connectivity index (χ1v) is 10.5. The number of ether oxygens (including phenoxy) is 1. The van der Waals surface area contributed by atoms with Crippen molar-refractivity contribution in [2.45, 2.75) is 26.8 Å². The Morgan fingerprint density at radius 3 is 1.97 bits per heavy atom. The predicted octanol–water partition coefficient (Wildman–Crippen LogP) is 5.33. The van der Waals surface area contributed by atoms with E-state index in [-0.39, 0.29) is 31.2 Å². The van der Waals surface area contributed by atoms with E-state index >= 15 is 0 Å². The van der Waals surface area contributed by atoms with Crippen molar-refractivity contribution in [2.24, 2.45) is 0 Å². The van der Waals surface area contributed by atoms with Crippen molar-refractivity contribution in [1.29, 1.82) is 0 Å². The maximum Gasteiger partial charge on any atom is 0.329 e. The number of fused-ring (bicyclic) bond motifs is 1. The van der Waals surface area contributed by atoms with Gasteiger partial charge in [-0.1, -0.05) is 64.1 Å². The standard InChI is InChI=1S/C21H15Cl4NO5/c1-8-4-5-9(2)11(6-8)12(27)7-31-21(30)10(3)26-19(28)13-14(20(26)29)16(23)18(25)17(24)15(13)22/h4-6,10H,7H2,1-3H3/t10-/m1/s1. The summed E-state index contributed by atoms with van der Waals surface area (Å²) in [6.45, 7) is 4.34. The third kappa shape index (κ3) is 4.05. The van der Waals surface area contributed by atoms with Gasteiger partial charge in [0, 0.05) is 5.56 Å². The van der Waals surface area contributed by atoms with Gasteiger partial charge in [-0.25, -0.2) is 4.79 Å². The highest BCUT2D eigenvalue weighted by Gasteiger charge is 2.45. The Balaban J connectivity index is 1.80. The zero-order chi connectivity index (χ0) is 23.2. The van der Waals surface area contributed by atoms with Crippen LogP contribution in [0.1, 0.15) is 49.1 Å². The van der Waals surface area contributed by atoms with E-state index in [0.29, 0.717) is 10.5 Å². The summed E-state index contributed by atoms with van der Waals surface area (Å²) in [5.74, 6) is -3.09. The summed E-state index contributed by atoms with van der Waals surface area (Å²) in [4.78, 5) is 51.3. The Morgan fingerprint density at radius 2 is 1.45 bits per heavy atom. The molecule has 2 amide bonds. The van der Waals surface area contributed by atoms with Crippen LogP contribution < -0.4 is 0 Å². The van der Waals surface area contributed by atoms with Gasteiger partial charge < -0.3 is 4.74 Å². The van der Waals surface area contributed by atoms with Gasteiger partial charge in [0.2, 0.25) is 5.78 Å². The van der Waals surface area contributed by atoms with Crippen LogP contribution >= 0.6 is 46.4 Å². The van der Waals surface area contributed by atoms with Crippen LogP contribution in [0.4, 0.5) is 0 Å². The molecule has 31 heavy (non-hydrogen) atoms. The van der Waals surface area contributed by atoms with Crippen LogP contribution in [0.25, 0.3) is 0 Å². The molecule has 0 unspecified atom stereocenters. The minimum Gasteiger partial charge on any atom is -0.456 e. The fraction of sp³-hybridized carbons (Fsp3) is 0.238. The van der Waals surface area contributed by atoms with Crippen molar-refractivity contribution >= 4 is 70.0 Å². The molecule has 0 fully saturated rings. The fourth-order valence-corrected chi connectivity index (χ4v) is 4.21. The van der Waals surface area contributed by atoms with E-state index in [4.69, 9.17) is 51.1 Å². The molecule has 0 aliphatic carbocycles. The van der Waals surface area contributed by atoms with Gasteiger partial charge in [0.1, 0.15) is 6.04 Å². The summed E-state index contributed by atoms with van der Waals surface area (Å²) in [7, 11) is 0. The molecule has 1 aliphatic rings. The number of hydrogen-bond donors (Lipinski definition) is 0. The molecule has 1 atom stereocenters. The van der Waals surface area contributed by atoms with Gasteiger partial charge in [-0.2, -0.15) is 0 Å². The van der Waals surface area contributed by atoms with Crippen molar-refractivity contribution in [3.05, 3.63) is 66.1 Å². The maximum absolute atomic E-state index is 12.8. The lowest BCUT2D eigenvalue weighted by Gasteiger charge is -2.20. The number of amides is 2. The van der Waals surface area contributed by atoms with Crippen molar-refractivity contribution in [2.75, 3.05) is 6.61 Å². The summed E-state index contributed by atoms with van der Waals surface area (Å²) in [6.07, 6.45) is 0. The Hall–Kier alpha value is -2.12. The van der Waals surface area contributed by atoms with Crippen LogP contribution in [0, 0.1) is 13.8 Å². The molecule has 1 heterocycles. The minimum absolute atomic E-state index is 0.176. The second kappa shape index (κ2) is 8.79. The van der Waals surface area contributed by atoms with E-state index in [1.165, 1.54) is 6.92 Å². The smallest absolute Gasteiger partial charge is 0.329 e. The van der Waals surface area contributed by atoms with Gasteiger partial charge in [0.25, 0.3) is 11.8 Å². The van der Waals surface area contributed by atoms with E-state index in [1.807, 2.05) is 13.0 Å². The molecule has 2 aromatic rings. The number of aryl methyl sites for hydroxylation is 2. The number of esters is 1. The highest BCUT2D eigenvalue weighted by molar-refractivity contribution is 6.55. The van der Waals surface area contributed by atoms with Gasteiger partial charge >= 0.3 is 5.97 Å². The van der Waals surface area contributed by atoms with E-state index in [0.717, 1.165) is 11.1 Å². The van der Waals surface area contributed by atoms with Crippen molar-refractivity contribution in [1.82, 2.24) is 4.90 Å². The van der Waals surface area contributed by atoms with Crippen LogP contribution in [0.15, 0.2) is 18.2 Å². The van der Waals surface area contributed by atoms with E-state index < -0.39 is 36.2 Å². The molecule has 0 bridgehead atoms. The molecule has 0 N–H and O–H groups in total. The largest absolute Gasteiger partial charge is 0.456 e. The number of benzene rings is 2. The van der Waals surface area contributed by atoms with Gasteiger partial charge in [-0.3, -0.25) is 19.3 Å². The summed E-state index contributed by atoms with van der Waals surface area (Å²) >= 11 is 24.1. The number of rotatable bonds is 5. The van der Waals surface area contributed by atoms with Gasteiger partial charge in [-0.05, 0) is 32.4 Å². The molecule has 3 rings (SSSR count). The van der Waals surface area contributed by atoms with Crippen LogP contribution in [-0.2, 0) is 9.53 Å². The Bertz CT molecular complexity index is 1110. The number of nitrogens with zero attached hydrogens (tertiary/aromatic N) is 1. The molecular weight excluding hydrogens is 488 g/mol. The van der Waals surface area contributed by atoms with Crippen LogP contribution in [0.2, 0.25) is 20.1 Å². The average Bonchev–Trinajstić information content (AvgIpc) is 2.99. The molecule has 10 heteroatoms. The predicted molar refractivity (Wildman–Crippen MR) is 118 cm³/mol. The molecule has 2 aromatic carbocycles. The lowest BCUT2D eigenvalue weighted by molar-refractivity contribution is -0.146. The Morgan fingerprint density at radius 1 is 0.935 bits per heavy atom. The molecule has 0 saturated carbocycles. The number of hydrogen-bond acceptors (Lipinski definition) is 5. The van der Waals surface area contributed by atoms with Crippen molar-refractivity contribution in [3.8, 4) is 0 Å². The van der Waals surface area contributed by atoms with Crippen LogP contribution in [0.5, 0.6) is 0 Å². The van der Waals surface area contributed by atoms with Crippen LogP contribution in [0.3, 0.4) is 0 Å². The zero-order valence-electron chi connectivity index (χ0n) is 16.5. The highest BCUT2D eigenvalue weighted by atomic mass is 35.5. The Kier molecular flexibility index (Phi) is 6.67. The monoisotopic (exact) mass is 501 g/mol. The topological polar surface area (TPSA) is 80.8 Å². The second-order valence-electron chi connectivity index (χ2n) is 7.01. The molecule has 162 valence electrons. The average molecular weight is 503 g/mol. The van der Waals surface area contributed by atoms with Gasteiger partial charge in [0.15, 0.2) is 6.61 Å². The van der Waals surface area contributed by atoms with E-state index in [1.54, 1.807) is 19.1 Å². The third-order valence-corrected chi connectivity index (χ3v) is 6.70. The number of ketones is 1. The second-order valence-corrected chi connectivity index (χ2v) is 8.52. The Labute approximate surface area is 197 Å². The molecule has 0 radical (unpaired) electrons. The highest BCUT2D eigenvalue weighted by Crippen LogP contribution is 2.45. The zero-order valence-corrected chi connectivity index (χ0v) is 19.5. The molecule has 1 aliphatic heterocycles. The van der Waals surface area contributed by atoms with Crippen molar-refractivity contribution in [3.63, 3.8) is 0 Å². The van der Waals surface area contributed by atoms with E-state index in [9.17, 15) is 19.2 Å². The summed E-state index contributed by atoms with van der Waals surface area (Å²) in [6, 6.07) is 3.99. The van der Waals surface area contributed by atoms with Gasteiger partial charge in [-0.15, -0.1) is 0 Å². The minimum atomic E-state index is -1.34. The lowest BCUT2D eigenvalue weighted by atomic mass is 10.0. The number of halogens is 4.